The minimum atomic E-state index is -0.135. The molecule has 1 aromatic heterocycles. The van der Waals surface area contributed by atoms with Crippen LogP contribution in [0.15, 0.2) is 51.7 Å². The van der Waals surface area contributed by atoms with Crippen molar-refractivity contribution in [3.8, 4) is 0 Å². The van der Waals surface area contributed by atoms with Crippen LogP contribution in [0.2, 0.25) is 0 Å². The Morgan fingerprint density at radius 3 is 2.47 bits per heavy atom. The number of piperazine rings is 1. The third kappa shape index (κ3) is 4.26. The van der Waals surface area contributed by atoms with Crippen molar-refractivity contribution < 1.29 is 4.79 Å². The number of likely N-dealkylation sites (N-methyl/N-ethyl adjacent to an activating group) is 1. The molecule has 0 radical (unpaired) electrons. The molecule has 2 heterocycles. The van der Waals surface area contributed by atoms with Gasteiger partial charge in [0.1, 0.15) is 0 Å². The van der Waals surface area contributed by atoms with Gasteiger partial charge in [-0.05, 0) is 54.7 Å². The van der Waals surface area contributed by atoms with Crippen molar-refractivity contribution in [2.75, 3.05) is 32.7 Å². The predicted octanol–water partition coefficient (Wildman–Crippen LogP) is 3.65. The molecule has 0 saturated carbocycles. The van der Waals surface area contributed by atoms with Crippen LogP contribution in [-0.2, 0) is 6.54 Å². The second kappa shape index (κ2) is 8.83. The van der Waals surface area contributed by atoms with Gasteiger partial charge < -0.3 is 14.8 Å². The minimum absolute atomic E-state index is 0.0577. The lowest BCUT2D eigenvalue weighted by molar-refractivity contribution is 0.0643. The number of nitrogens with zero attached hydrogens (tertiary/aromatic N) is 3. The summed E-state index contributed by atoms with van der Waals surface area (Å²) < 4.78 is 2.76. The number of fused-ring (bicyclic) bond motifs is 1. The molecule has 1 aliphatic heterocycles. The van der Waals surface area contributed by atoms with E-state index in [1.165, 1.54) is 0 Å². The summed E-state index contributed by atoms with van der Waals surface area (Å²) in [5.41, 5.74) is 2.17. The highest BCUT2D eigenvalue weighted by Crippen LogP contribution is 2.16. The van der Waals surface area contributed by atoms with Crippen molar-refractivity contribution in [2.45, 2.75) is 13.5 Å². The average molecular weight is 487 g/mol. The zero-order valence-corrected chi connectivity index (χ0v) is 19.1. The topological polar surface area (TPSA) is 61.3 Å². The third-order valence-electron chi connectivity index (χ3n) is 5.59. The third-order valence-corrected chi connectivity index (χ3v) is 6.41. The Bertz CT molecular complexity index is 1190. The minimum Gasteiger partial charge on any atom is -0.336 e. The fourth-order valence-electron chi connectivity index (χ4n) is 3.75. The van der Waals surface area contributed by atoms with Crippen molar-refractivity contribution in [1.29, 1.82) is 0 Å². The first kappa shape index (κ1) is 21.0. The molecule has 1 fully saturated rings. The zero-order valence-electron chi connectivity index (χ0n) is 16.7. The van der Waals surface area contributed by atoms with Gasteiger partial charge >= 0.3 is 0 Å². The summed E-state index contributed by atoms with van der Waals surface area (Å²) in [6.45, 7) is 6.85. The highest BCUT2D eigenvalue weighted by Gasteiger charge is 2.21. The smallest absolute Gasteiger partial charge is 0.262 e. The number of H-pyrrole nitrogens is 1. The number of halogens is 1. The summed E-state index contributed by atoms with van der Waals surface area (Å²) in [6, 6.07) is 12.9. The number of nitrogens with one attached hydrogen (secondary N) is 1. The number of hydrogen-bond donors (Lipinski definition) is 1. The maximum atomic E-state index is 12.9. The summed E-state index contributed by atoms with van der Waals surface area (Å²) in [7, 11) is 0. The summed E-state index contributed by atoms with van der Waals surface area (Å²) in [4.78, 5) is 33.1. The Kier molecular flexibility index (Phi) is 6.17. The molecule has 1 N–H and O–H groups in total. The van der Waals surface area contributed by atoms with Crippen LogP contribution in [0.3, 0.4) is 0 Å². The molecule has 30 heavy (non-hydrogen) atoms. The second-order valence-corrected chi connectivity index (χ2v) is 8.74. The van der Waals surface area contributed by atoms with Crippen molar-refractivity contribution in [3.05, 3.63) is 73.2 Å². The van der Waals surface area contributed by atoms with E-state index in [1.54, 1.807) is 10.6 Å². The maximum absolute atomic E-state index is 12.9. The number of rotatable bonds is 4. The Labute approximate surface area is 188 Å². The van der Waals surface area contributed by atoms with Gasteiger partial charge in [0.05, 0.1) is 17.4 Å². The van der Waals surface area contributed by atoms with E-state index in [0.29, 0.717) is 27.8 Å². The Morgan fingerprint density at radius 2 is 1.80 bits per heavy atom. The summed E-state index contributed by atoms with van der Waals surface area (Å²) in [6.07, 6.45) is 0. The summed E-state index contributed by atoms with van der Waals surface area (Å²) >= 11 is 8.81. The van der Waals surface area contributed by atoms with E-state index in [-0.39, 0.29) is 11.5 Å². The number of aromatic nitrogens is 2. The molecular formula is C22H23BrN4O2S. The molecule has 0 atom stereocenters. The number of hydrogen-bond acceptors (Lipinski definition) is 4. The second-order valence-electron chi connectivity index (χ2n) is 7.43. The number of carbonyl (C=O) groups is 1. The number of amides is 1. The fraction of sp³-hybridized carbons (Fsp3) is 0.318. The van der Waals surface area contributed by atoms with Gasteiger partial charge in [-0.2, -0.15) is 0 Å². The van der Waals surface area contributed by atoms with E-state index in [0.717, 1.165) is 42.8 Å². The number of benzene rings is 2. The largest absolute Gasteiger partial charge is 0.336 e. The first-order chi connectivity index (χ1) is 14.5. The molecule has 0 aliphatic carbocycles. The van der Waals surface area contributed by atoms with Gasteiger partial charge in [-0.15, -0.1) is 0 Å². The maximum Gasteiger partial charge on any atom is 0.262 e. The highest BCUT2D eigenvalue weighted by molar-refractivity contribution is 9.10. The van der Waals surface area contributed by atoms with Crippen LogP contribution in [0, 0.1) is 4.77 Å². The fourth-order valence-corrected chi connectivity index (χ4v) is 4.37. The van der Waals surface area contributed by atoms with Crippen molar-refractivity contribution in [3.63, 3.8) is 0 Å². The monoisotopic (exact) mass is 486 g/mol. The molecule has 1 amide bonds. The Morgan fingerprint density at radius 1 is 1.10 bits per heavy atom. The van der Waals surface area contributed by atoms with Gasteiger partial charge in [0.15, 0.2) is 4.77 Å². The lowest BCUT2D eigenvalue weighted by Gasteiger charge is -2.34. The molecule has 3 aromatic rings. The molecular weight excluding hydrogens is 464 g/mol. The first-order valence-corrected chi connectivity index (χ1v) is 11.2. The van der Waals surface area contributed by atoms with E-state index in [9.17, 15) is 9.59 Å². The van der Waals surface area contributed by atoms with Crippen LogP contribution in [0.4, 0.5) is 0 Å². The number of carbonyl (C=O) groups excluding carboxylic acids is 1. The van der Waals surface area contributed by atoms with E-state index >= 15 is 0 Å². The summed E-state index contributed by atoms with van der Waals surface area (Å²) in [5, 5.41) is 0.580. The van der Waals surface area contributed by atoms with Crippen LogP contribution in [0.1, 0.15) is 22.8 Å². The van der Waals surface area contributed by atoms with Gasteiger partial charge in [-0.25, -0.2) is 0 Å². The van der Waals surface area contributed by atoms with E-state index < -0.39 is 0 Å². The van der Waals surface area contributed by atoms with Gasteiger partial charge in [0, 0.05) is 36.2 Å². The Hall–Kier alpha value is -2.29. The normalized spacial score (nSPS) is 14.9. The van der Waals surface area contributed by atoms with Crippen molar-refractivity contribution in [1.82, 2.24) is 19.4 Å². The van der Waals surface area contributed by atoms with Gasteiger partial charge in [0.25, 0.3) is 11.5 Å². The highest BCUT2D eigenvalue weighted by atomic mass is 79.9. The van der Waals surface area contributed by atoms with Gasteiger partial charge in [0.2, 0.25) is 0 Å². The first-order valence-electron chi connectivity index (χ1n) is 9.99. The lowest BCUT2D eigenvalue weighted by Crippen LogP contribution is -2.48. The standard InChI is InChI=1S/C22H23BrN4O2S/c1-2-25-9-11-26(12-10-25)20(28)16-5-3-15(4-6-16)14-27-21(29)18-13-17(23)7-8-19(18)24-22(27)30/h3-8,13H,2,9-12,14H2,1H3,(H,24,30). The SMILES string of the molecule is CCN1CCN(C(=O)c2ccc(Cn3c(=S)[nH]c4ccc(Br)cc4c3=O)cc2)CC1. The summed E-state index contributed by atoms with van der Waals surface area (Å²) in [5.74, 6) is 0.0577. The van der Waals surface area contributed by atoms with Crippen LogP contribution in [-0.4, -0.2) is 58.0 Å². The average Bonchev–Trinajstić information content (AvgIpc) is 2.77. The molecule has 2 aromatic carbocycles. The predicted molar refractivity (Wildman–Crippen MR) is 125 cm³/mol. The molecule has 8 heteroatoms. The molecule has 0 spiro atoms. The molecule has 6 nitrogen and oxygen atoms in total. The van der Waals surface area contributed by atoms with Crippen molar-refractivity contribution >= 4 is 45.0 Å². The van der Waals surface area contributed by atoms with Crippen LogP contribution >= 0.6 is 28.1 Å². The molecule has 1 aliphatic rings. The van der Waals surface area contributed by atoms with Crippen LogP contribution in [0.5, 0.6) is 0 Å². The van der Waals surface area contributed by atoms with E-state index in [2.05, 4.69) is 32.7 Å². The molecule has 1 saturated heterocycles. The van der Waals surface area contributed by atoms with Crippen LogP contribution in [0.25, 0.3) is 10.9 Å². The van der Waals surface area contributed by atoms with E-state index in [1.807, 2.05) is 41.3 Å². The van der Waals surface area contributed by atoms with Crippen LogP contribution < -0.4 is 5.56 Å². The quantitative estimate of drug-likeness (QED) is 0.571. The molecule has 4 rings (SSSR count). The molecule has 0 unspecified atom stereocenters. The molecule has 0 bridgehead atoms. The number of aromatic amines is 1. The van der Waals surface area contributed by atoms with E-state index in [4.69, 9.17) is 12.2 Å². The van der Waals surface area contributed by atoms with Gasteiger partial charge in [-0.3, -0.25) is 14.2 Å². The molecule has 156 valence electrons. The van der Waals surface area contributed by atoms with Crippen molar-refractivity contribution in [2.24, 2.45) is 0 Å². The van der Waals surface area contributed by atoms with Gasteiger partial charge in [-0.1, -0.05) is 35.0 Å². The lowest BCUT2D eigenvalue weighted by atomic mass is 10.1. The zero-order chi connectivity index (χ0) is 21.3. The Balaban J connectivity index is 1.54.